The highest BCUT2D eigenvalue weighted by Crippen LogP contribution is 2.21. The van der Waals surface area contributed by atoms with Crippen molar-refractivity contribution in [3.8, 4) is 0 Å². The van der Waals surface area contributed by atoms with Gasteiger partial charge in [0.25, 0.3) is 21.8 Å². The number of amides is 2. The SMILES string of the molecule is CNC(=O)c1cccc(NC(=O)c2ccc(F)c(S(=O)(=O)Nc3ccccc3)c2)c1. The van der Waals surface area contributed by atoms with Gasteiger partial charge in [0.05, 0.1) is 0 Å². The standard InChI is InChI=1S/C21H18FN3O4S/c1-23-20(26)14-6-5-9-17(12-14)24-21(27)15-10-11-18(22)19(13-15)30(28,29)25-16-7-3-2-4-8-16/h2-13,25H,1H3,(H,23,26)(H,24,27). The lowest BCUT2D eigenvalue weighted by Crippen LogP contribution is -2.19. The maximum absolute atomic E-state index is 14.2. The Morgan fingerprint density at radius 3 is 2.17 bits per heavy atom. The van der Waals surface area contributed by atoms with Crippen LogP contribution in [-0.4, -0.2) is 27.3 Å². The monoisotopic (exact) mass is 427 g/mol. The molecule has 30 heavy (non-hydrogen) atoms. The summed E-state index contributed by atoms with van der Waals surface area (Å²) in [6.07, 6.45) is 0. The number of anilines is 2. The van der Waals surface area contributed by atoms with Crippen LogP contribution < -0.4 is 15.4 Å². The van der Waals surface area contributed by atoms with E-state index < -0.39 is 26.6 Å². The topological polar surface area (TPSA) is 104 Å². The van der Waals surface area contributed by atoms with Gasteiger partial charge in [-0.1, -0.05) is 24.3 Å². The molecular formula is C21H18FN3O4S. The van der Waals surface area contributed by atoms with Crippen molar-refractivity contribution in [3.63, 3.8) is 0 Å². The third-order valence-corrected chi connectivity index (χ3v) is 5.51. The minimum absolute atomic E-state index is 0.0600. The highest BCUT2D eigenvalue weighted by Gasteiger charge is 2.21. The van der Waals surface area contributed by atoms with Gasteiger partial charge in [-0.25, -0.2) is 12.8 Å². The quantitative estimate of drug-likeness (QED) is 0.562. The Kier molecular flexibility index (Phi) is 6.12. The second-order valence-electron chi connectivity index (χ2n) is 6.23. The van der Waals surface area contributed by atoms with Gasteiger partial charge >= 0.3 is 0 Å². The molecule has 0 fully saturated rings. The lowest BCUT2D eigenvalue weighted by molar-refractivity contribution is 0.0961. The van der Waals surface area contributed by atoms with E-state index in [9.17, 15) is 22.4 Å². The third kappa shape index (κ3) is 4.81. The van der Waals surface area contributed by atoms with E-state index in [4.69, 9.17) is 0 Å². The largest absolute Gasteiger partial charge is 0.355 e. The average Bonchev–Trinajstić information content (AvgIpc) is 2.74. The van der Waals surface area contributed by atoms with E-state index in [-0.39, 0.29) is 17.2 Å². The highest BCUT2D eigenvalue weighted by atomic mass is 32.2. The fourth-order valence-corrected chi connectivity index (χ4v) is 3.82. The number of benzene rings is 3. The Hall–Kier alpha value is -3.72. The summed E-state index contributed by atoms with van der Waals surface area (Å²) >= 11 is 0. The van der Waals surface area contributed by atoms with Gasteiger partial charge in [0, 0.05) is 29.5 Å². The summed E-state index contributed by atoms with van der Waals surface area (Å²) < 4.78 is 41.7. The van der Waals surface area contributed by atoms with E-state index >= 15 is 0 Å². The Bertz CT molecular complexity index is 1200. The lowest BCUT2D eigenvalue weighted by atomic mass is 10.1. The van der Waals surface area contributed by atoms with Crippen LogP contribution in [0, 0.1) is 5.82 Å². The van der Waals surface area contributed by atoms with E-state index in [1.54, 1.807) is 36.4 Å². The van der Waals surface area contributed by atoms with Crippen LogP contribution in [0.4, 0.5) is 15.8 Å². The number of hydrogen-bond acceptors (Lipinski definition) is 4. The van der Waals surface area contributed by atoms with Crippen molar-refractivity contribution in [1.82, 2.24) is 5.32 Å². The van der Waals surface area contributed by atoms with E-state index in [2.05, 4.69) is 15.4 Å². The molecule has 0 atom stereocenters. The number of carbonyl (C=O) groups is 2. The molecule has 3 aromatic carbocycles. The summed E-state index contributed by atoms with van der Waals surface area (Å²) in [6.45, 7) is 0. The molecule has 0 saturated carbocycles. The molecule has 0 aliphatic heterocycles. The first-order valence-corrected chi connectivity index (χ1v) is 10.3. The smallest absolute Gasteiger partial charge is 0.264 e. The first-order valence-electron chi connectivity index (χ1n) is 8.81. The van der Waals surface area contributed by atoms with Crippen LogP contribution in [0.1, 0.15) is 20.7 Å². The van der Waals surface area contributed by atoms with Gasteiger partial charge in [0.2, 0.25) is 0 Å². The predicted molar refractivity (Wildman–Crippen MR) is 111 cm³/mol. The molecule has 3 N–H and O–H groups in total. The fraction of sp³-hybridized carbons (Fsp3) is 0.0476. The zero-order chi connectivity index (χ0) is 21.7. The van der Waals surface area contributed by atoms with Crippen molar-refractivity contribution in [2.24, 2.45) is 0 Å². The second kappa shape index (κ2) is 8.75. The summed E-state index contributed by atoms with van der Waals surface area (Å²) in [5.41, 5.74) is 0.870. The van der Waals surface area contributed by atoms with Crippen LogP contribution in [0.3, 0.4) is 0 Å². The van der Waals surface area contributed by atoms with E-state index in [1.807, 2.05) is 0 Å². The van der Waals surface area contributed by atoms with Crippen LogP contribution >= 0.6 is 0 Å². The molecule has 0 aliphatic carbocycles. The highest BCUT2D eigenvalue weighted by molar-refractivity contribution is 7.92. The van der Waals surface area contributed by atoms with E-state index in [0.29, 0.717) is 11.3 Å². The zero-order valence-electron chi connectivity index (χ0n) is 15.8. The fourth-order valence-electron chi connectivity index (χ4n) is 2.65. The van der Waals surface area contributed by atoms with Crippen LogP contribution in [0.5, 0.6) is 0 Å². The number of nitrogens with one attached hydrogen (secondary N) is 3. The Morgan fingerprint density at radius 1 is 0.800 bits per heavy atom. The molecule has 154 valence electrons. The molecule has 7 nitrogen and oxygen atoms in total. The van der Waals surface area contributed by atoms with Crippen LogP contribution in [0.25, 0.3) is 0 Å². The molecule has 0 heterocycles. The number of hydrogen-bond donors (Lipinski definition) is 3. The third-order valence-electron chi connectivity index (χ3n) is 4.12. The molecule has 0 radical (unpaired) electrons. The number of sulfonamides is 1. The molecule has 3 aromatic rings. The summed E-state index contributed by atoms with van der Waals surface area (Å²) in [6, 6.07) is 17.3. The number of carbonyl (C=O) groups excluding carboxylic acids is 2. The molecule has 9 heteroatoms. The molecule has 0 spiro atoms. The van der Waals surface area contributed by atoms with Gasteiger partial charge in [-0.05, 0) is 48.5 Å². The summed E-state index contributed by atoms with van der Waals surface area (Å²) in [7, 11) is -2.77. The van der Waals surface area contributed by atoms with E-state index in [0.717, 1.165) is 12.1 Å². The van der Waals surface area contributed by atoms with Crippen molar-refractivity contribution in [2.45, 2.75) is 4.90 Å². The summed E-state index contributed by atoms with van der Waals surface area (Å²) in [4.78, 5) is 23.6. The van der Waals surface area contributed by atoms with Gasteiger partial charge < -0.3 is 10.6 Å². The van der Waals surface area contributed by atoms with Crippen molar-refractivity contribution in [2.75, 3.05) is 17.1 Å². The first-order chi connectivity index (χ1) is 14.3. The summed E-state index contributed by atoms with van der Waals surface area (Å²) in [5, 5.41) is 5.05. The molecule has 3 rings (SSSR count). The number of para-hydroxylation sites is 1. The Morgan fingerprint density at radius 2 is 1.47 bits per heavy atom. The molecule has 0 aromatic heterocycles. The summed E-state index contributed by atoms with van der Waals surface area (Å²) in [5.74, 6) is -1.97. The van der Waals surface area contributed by atoms with Crippen molar-refractivity contribution >= 4 is 33.2 Å². The van der Waals surface area contributed by atoms with Crippen molar-refractivity contribution in [1.29, 1.82) is 0 Å². The van der Waals surface area contributed by atoms with Crippen LogP contribution in [0.2, 0.25) is 0 Å². The molecule has 0 unspecified atom stereocenters. The first kappa shape index (κ1) is 21.0. The molecule has 0 aliphatic rings. The lowest BCUT2D eigenvalue weighted by Gasteiger charge is -2.11. The normalized spacial score (nSPS) is 10.9. The average molecular weight is 427 g/mol. The molecular weight excluding hydrogens is 409 g/mol. The second-order valence-corrected chi connectivity index (χ2v) is 7.88. The van der Waals surface area contributed by atoms with Crippen LogP contribution in [-0.2, 0) is 10.0 Å². The minimum atomic E-state index is -4.25. The number of halogens is 1. The van der Waals surface area contributed by atoms with E-state index in [1.165, 1.54) is 31.3 Å². The number of rotatable bonds is 6. The van der Waals surface area contributed by atoms with Gasteiger partial charge in [-0.15, -0.1) is 0 Å². The molecule has 2 amide bonds. The molecule has 0 bridgehead atoms. The van der Waals surface area contributed by atoms with Crippen LogP contribution in [0.15, 0.2) is 77.7 Å². The predicted octanol–water partition coefficient (Wildman–Crippen LogP) is 3.24. The zero-order valence-corrected chi connectivity index (χ0v) is 16.7. The molecule has 0 saturated heterocycles. The van der Waals surface area contributed by atoms with Gasteiger partial charge in [-0.3, -0.25) is 14.3 Å². The maximum atomic E-state index is 14.2. The van der Waals surface area contributed by atoms with Gasteiger partial charge in [0.15, 0.2) is 0 Å². The minimum Gasteiger partial charge on any atom is -0.355 e. The van der Waals surface area contributed by atoms with Gasteiger partial charge in [-0.2, -0.15) is 0 Å². The Balaban J connectivity index is 1.86. The maximum Gasteiger partial charge on any atom is 0.264 e. The van der Waals surface area contributed by atoms with Crippen molar-refractivity contribution < 1.29 is 22.4 Å². The van der Waals surface area contributed by atoms with Crippen molar-refractivity contribution in [3.05, 3.63) is 89.7 Å². The Labute approximate surface area is 173 Å². The van der Waals surface area contributed by atoms with Gasteiger partial charge in [0.1, 0.15) is 10.7 Å².